The Morgan fingerprint density at radius 2 is 1.81 bits per heavy atom. The zero-order chi connectivity index (χ0) is 19.5. The van der Waals surface area contributed by atoms with E-state index < -0.39 is 5.72 Å². The first kappa shape index (κ1) is 20.2. The highest BCUT2D eigenvalue weighted by Crippen LogP contribution is 2.33. The summed E-state index contributed by atoms with van der Waals surface area (Å²) in [5.74, 6) is -0.683. The van der Waals surface area contributed by atoms with Gasteiger partial charge in [-0.25, -0.2) is 0 Å². The van der Waals surface area contributed by atoms with Crippen LogP contribution in [0.15, 0.2) is 29.5 Å². The van der Waals surface area contributed by atoms with E-state index >= 15 is 0 Å². The minimum absolute atomic E-state index is 0.0878. The minimum Gasteiger partial charge on any atom is -0.371 e. The number of carbonyl (C=O) groups is 2. The van der Waals surface area contributed by atoms with Gasteiger partial charge in [-0.05, 0) is 37.3 Å². The number of allylic oxidation sites excluding steroid dienone is 1. The van der Waals surface area contributed by atoms with Gasteiger partial charge in [-0.3, -0.25) is 9.59 Å². The molecule has 0 spiro atoms. The van der Waals surface area contributed by atoms with Crippen LogP contribution in [0.1, 0.15) is 58.1 Å². The fourth-order valence-corrected chi connectivity index (χ4v) is 3.50. The lowest BCUT2D eigenvalue weighted by molar-refractivity contribution is -0.134. The quantitative estimate of drug-likeness (QED) is 0.765. The van der Waals surface area contributed by atoms with Crippen LogP contribution in [0.5, 0.6) is 0 Å². The van der Waals surface area contributed by atoms with Crippen LogP contribution in [-0.4, -0.2) is 34.5 Å². The lowest BCUT2D eigenvalue weighted by Crippen LogP contribution is -2.50. The number of Topliss-reactive ketones (excluding diaryl/α,β-unsaturated/α-hetero) is 1. The zero-order valence-corrected chi connectivity index (χ0v) is 16.5. The summed E-state index contributed by atoms with van der Waals surface area (Å²) >= 11 is 0. The van der Waals surface area contributed by atoms with E-state index in [0.717, 1.165) is 36.1 Å². The van der Waals surface area contributed by atoms with Gasteiger partial charge in [0.15, 0.2) is 5.78 Å². The number of ketones is 1. The van der Waals surface area contributed by atoms with Crippen molar-refractivity contribution in [3.8, 4) is 0 Å². The number of hydrogen-bond donors (Lipinski definition) is 2. The zero-order valence-electron chi connectivity index (χ0n) is 16.5. The highest BCUT2D eigenvalue weighted by atomic mass is 16.3. The van der Waals surface area contributed by atoms with E-state index in [1.165, 1.54) is 0 Å². The highest BCUT2D eigenvalue weighted by Gasteiger charge is 2.40. The molecule has 1 heterocycles. The third kappa shape index (κ3) is 3.83. The molecule has 0 aromatic heterocycles. The Labute approximate surface area is 156 Å². The lowest BCUT2D eigenvalue weighted by Gasteiger charge is -2.41. The molecule has 1 unspecified atom stereocenters. The van der Waals surface area contributed by atoms with E-state index in [-0.39, 0.29) is 23.7 Å². The van der Waals surface area contributed by atoms with Gasteiger partial charge in [0.1, 0.15) is 11.3 Å². The van der Waals surface area contributed by atoms with E-state index in [4.69, 9.17) is 0 Å². The molecule has 1 amide bonds. The van der Waals surface area contributed by atoms with Crippen LogP contribution in [0.2, 0.25) is 0 Å². The van der Waals surface area contributed by atoms with Gasteiger partial charge in [-0.15, -0.1) is 0 Å². The molecule has 1 aromatic rings. The molecule has 0 radical (unpaired) electrons. The summed E-state index contributed by atoms with van der Waals surface area (Å²) in [6.07, 6.45) is 2.86. The van der Waals surface area contributed by atoms with Gasteiger partial charge < -0.3 is 15.3 Å². The van der Waals surface area contributed by atoms with Crippen molar-refractivity contribution in [2.45, 2.75) is 65.5 Å². The molecule has 1 atom stereocenters. The van der Waals surface area contributed by atoms with E-state index in [9.17, 15) is 14.7 Å². The number of rotatable bonds is 6. The molecule has 2 N–H and O–H groups in total. The first-order valence-corrected chi connectivity index (χ1v) is 9.41. The molecule has 5 nitrogen and oxygen atoms in total. The van der Waals surface area contributed by atoms with E-state index in [2.05, 4.69) is 5.32 Å². The Bertz CT molecular complexity index is 713. The fourth-order valence-electron chi connectivity index (χ4n) is 3.50. The number of amides is 1. The third-order valence-electron chi connectivity index (χ3n) is 5.14. The number of anilines is 1. The van der Waals surface area contributed by atoms with Gasteiger partial charge in [0, 0.05) is 18.4 Å². The van der Waals surface area contributed by atoms with Crippen LogP contribution in [0.4, 0.5) is 5.69 Å². The molecule has 142 valence electrons. The molecule has 0 aliphatic carbocycles. The maximum absolute atomic E-state index is 13.1. The van der Waals surface area contributed by atoms with Crippen molar-refractivity contribution < 1.29 is 14.7 Å². The summed E-state index contributed by atoms with van der Waals surface area (Å²) < 4.78 is 0. The first-order valence-electron chi connectivity index (χ1n) is 9.41. The van der Waals surface area contributed by atoms with Gasteiger partial charge in [-0.2, -0.15) is 0 Å². The largest absolute Gasteiger partial charge is 0.371 e. The van der Waals surface area contributed by atoms with Crippen molar-refractivity contribution in [3.05, 3.63) is 40.6 Å². The van der Waals surface area contributed by atoms with Crippen molar-refractivity contribution in [2.24, 2.45) is 0 Å². The monoisotopic (exact) mass is 358 g/mol. The van der Waals surface area contributed by atoms with Crippen molar-refractivity contribution >= 4 is 17.4 Å². The molecular formula is C21H30N2O3. The number of para-hydroxylation sites is 1. The summed E-state index contributed by atoms with van der Waals surface area (Å²) in [7, 11) is 1.74. The van der Waals surface area contributed by atoms with Crippen LogP contribution in [0, 0.1) is 0 Å². The number of nitrogens with zero attached hydrogens (tertiary/aromatic N) is 1. The topological polar surface area (TPSA) is 69.6 Å². The average Bonchev–Trinajstić information content (AvgIpc) is 2.59. The summed E-state index contributed by atoms with van der Waals surface area (Å²) in [6.45, 7) is 7.69. The summed E-state index contributed by atoms with van der Waals surface area (Å²) in [4.78, 5) is 27.4. The molecule has 26 heavy (non-hydrogen) atoms. The van der Waals surface area contributed by atoms with Gasteiger partial charge >= 0.3 is 0 Å². The predicted molar refractivity (Wildman–Crippen MR) is 104 cm³/mol. The van der Waals surface area contributed by atoms with Crippen molar-refractivity contribution in [3.63, 3.8) is 0 Å². The van der Waals surface area contributed by atoms with Crippen LogP contribution in [0.3, 0.4) is 0 Å². The minimum atomic E-state index is -1.26. The van der Waals surface area contributed by atoms with Crippen LogP contribution in [-0.2, 0) is 22.4 Å². The van der Waals surface area contributed by atoms with Gasteiger partial charge in [0.25, 0.3) is 5.91 Å². The molecule has 0 fully saturated rings. The van der Waals surface area contributed by atoms with Gasteiger partial charge in [-0.1, -0.05) is 45.4 Å². The SMILES string of the molecule is CCCC1=C(C(=O)Nc2c(CC)cccc2CC)C(=O)CC(C)(O)N1C. The maximum Gasteiger partial charge on any atom is 0.261 e. The standard InChI is InChI=1S/C21H30N2O3/c1-6-10-16-18(17(24)13-21(4,26)23(16)5)20(25)22-19-14(7-2)11-9-12-15(19)8-3/h9,11-12,26H,6-8,10,13H2,1-5H3,(H,22,25). The van der Waals surface area contributed by atoms with E-state index in [1.54, 1.807) is 18.9 Å². The van der Waals surface area contributed by atoms with Crippen LogP contribution < -0.4 is 5.32 Å². The maximum atomic E-state index is 13.1. The molecule has 1 aliphatic heterocycles. The highest BCUT2D eigenvalue weighted by molar-refractivity contribution is 6.24. The second-order valence-corrected chi connectivity index (χ2v) is 7.06. The number of benzene rings is 1. The van der Waals surface area contributed by atoms with Gasteiger partial charge in [0.05, 0.1) is 6.42 Å². The predicted octanol–water partition coefficient (Wildman–Crippen LogP) is 3.42. The Morgan fingerprint density at radius 3 is 2.31 bits per heavy atom. The Morgan fingerprint density at radius 1 is 1.23 bits per heavy atom. The fraction of sp³-hybridized carbons (Fsp3) is 0.524. The third-order valence-corrected chi connectivity index (χ3v) is 5.14. The van der Waals surface area contributed by atoms with Crippen LogP contribution in [0.25, 0.3) is 0 Å². The average molecular weight is 358 g/mol. The molecule has 0 bridgehead atoms. The van der Waals surface area contributed by atoms with Crippen LogP contribution >= 0.6 is 0 Å². The normalized spacial score (nSPS) is 20.5. The second kappa shape index (κ2) is 8.04. The lowest BCUT2D eigenvalue weighted by atomic mass is 9.90. The van der Waals surface area contributed by atoms with E-state index in [1.807, 2.05) is 39.0 Å². The number of hydrogen-bond acceptors (Lipinski definition) is 4. The Kier molecular flexibility index (Phi) is 6.24. The summed E-state index contributed by atoms with van der Waals surface area (Å²) in [5, 5.41) is 13.5. The van der Waals surface area contributed by atoms with Crippen molar-refractivity contribution in [2.75, 3.05) is 12.4 Å². The molecule has 0 saturated heterocycles. The molecule has 2 rings (SSSR count). The molecular weight excluding hydrogens is 328 g/mol. The molecule has 0 saturated carbocycles. The summed E-state index contributed by atoms with van der Waals surface area (Å²) in [5.41, 5.74) is 2.44. The second-order valence-electron chi connectivity index (χ2n) is 7.06. The van der Waals surface area contributed by atoms with Gasteiger partial charge in [0.2, 0.25) is 0 Å². The number of carbonyl (C=O) groups excluding carboxylic acids is 2. The first-order chi connectivity index (χ1) is 12.3. The molecule has 5 heteroatoms. The molecule has 1 aliphatic rings. The number of nitrogens with one attached hydrogen (secondary N) is 1. The van der Waals surface area contributed by atoms with Crippen molar-refractivity contribution in [1.82, 2.24) is 4.90 Å². The Balaban J connectivity index is 2.47. The van der Waals surface area contributed by atoms with E-state index in [0.29, 0.717) is 12.1 Å². The Hall–Kier alpha value is -2.14. The summed E-state index contributed by atoms with van der Waals surface area (Å²) in [6, 6.07) is 5.98. The number of aliphatic hydroxyl groups is 1. The van der Waals surface area contributed by atoms with Crippen molar-refractivity contribution in [1.29, 1.82) is 0 Å². The smallest absolute Gasteiger partial charge is 0.261 e. The molecule has 1 aromatic carbocycles. The number of aryl methyl sites for hydroxylation is 2.